The maximum atomic E-state index is 12.8. The van der Waals surface area contributed by atoms with Crippen LogP contribution in [-0.4, -0.2) is 37.0 Å². The highest BCUT2D eigenvalue weighted by Gasteiger charge is 2.51. The molecule has 4 nitrogen and oxygen atoms in total. The van der Waals surface area contributed by atoms with E-state index in [9.17, 15) is 4.79 Å². The van der Waals surface area contributed by atoms with Crippen LogP contribution in [0.5, 0.6) is 0 Å². The number of rotatable bonds is 6. The van der Waals surface area contributed by atoms with E-state index in [-0.39, 0.29) is 16.9 Å². The molecule has 0 atom stereocenters. The van der Waals surface area contributed by atoms with Gasteiger partial charge in [-0.15, -0.1) is 0 Å². The Hall–Kier alpha value is -1.88. The molecule has 1 saturated carbocycles. The molecule has 1 aliphatic carbocycles. The van der Waals surface area contributed by atoms with Gasteiger partial charge in [0, 0.05) is 24.7 Å². The molecule has 158 valence electrons. The lowest BCUT2D eigenvalue weighted by molar-refractivity contribution is -0.123. The number of halogens is 1. The number of carbonyl (C=O) groups excluding carboxylic acids is 1. The van der Waals surface area contributed by atoms with Gasteiger partial charge in [0.25, 0.3) is 0 Å². The summed E-state index contributed by atoms with van der Waals surface area (Å²) in [4.78, 5) is 15.3. The Morgan fingerprint density at radius 1 is 1.03 bits per heavy atom. The van der Waals surface area contributed by atoms with E-state index in [1.54, 1.807) is 0 Å². The SMILES string of the molecule is O=C(NCCCN1CCC2(CC1)OCc1ccccc12)C1(c2ccc(Cl)cc2)CC1. The first-order valence-corrected chi connectivity index (χ1v) is 11.5. The van der Waals surface area contributed by atoms with Crippen molar-refractivity contribution < 1.29 is 9.53 Å². The van der Waals surface area contributed by atoms with Crippen LogP contribution in [0.25, 0.3) is 0 Å². The second-order valence-corrected chi connectivity index (χ2v) is 9.42. The summed E-state index contributed by atoms with van der Waals surface area (Å²) in [5, 5.41) is 3.89. The van der Waals surface area contributed by atoms with Crippen LogP contribution in [0.3, 0.4) is 0 Å². The van der Waals surface area contributed by atoms with Crippen LogP contribution in [0.15, 0.2) is 48.5 Å². The number of benzene rings is 2. The molecule has 2 aromatic carbocycles. The van der Waals surface area contributed by atoms with Gasteiger partial charge in [-0.25, -0.2) is 0 Å². The van der Waals surface area contributed by atoms with Crippen LogP contribution >= 0.6 is 11.6 Å². The van der Waals surface area contributed by atoms with E-state index in [2.05, 4.69) is 34.5 Å². The number of amides is 1. The maximum absolute atomic E-state index is 12.8. The van der Waals surface area contributed by atoms with Crippen molar-refractivity contribution in [3.05, 3.63) is 70.2 Å². The Labute approximate surface area is 183 Å². The van der Waals surface area contributed by atoms with Gasteiger partial charge in [-0.1, -0.05) is 48.0 Å². The molecule has 0 aromatic heterocycles. The third-order valence-corrected chi connectivity index (χ3v) is 7.45. The van der Waals surface area contributed by atoms with Gasteiger partial charge in [0.05, 0.1) is 17.6 Å². The third kappa shape index (κ3) is 3.66. The summed E-state index contributed by atoms with van der Waals surface area (Å²) in [6.07, 6.45) is 4.94. The van der Waals surface area contributed by atoms with E-state index in [1.165, 1.54) is 11.1 Å². The zero-order valence-electron chi connectivity index (χ0n) is 17.3. The van der Waals surface area contributed by atoms with Crippen molar-refractivity contribution in [2.24, 2.45) is 0 Å². The highest BCUT2D eigenvalue weighted by Crippen LogP contribution is 2.48. The van der Waals surface area contributed by atoms with Crippen molar-refractivity contribution in [2.75, 3.05) is 26.2 Å². The minimum absolute atomic E-state index is 0.0712. The van der Waals surface area contributed by atoms with Gasteiger partial charge < -0.3 is 15.0 Å². The molecule has 2 aliphatic heterocycles. The van der Waals surface area contributed by atoms with Crippen LogP contribution < -0.4 is 5.32 Å². The van der Waals surface area contributed by atoms with Crippen molar-refractivity contribution in [1.82, 2.24) is 10.2 Å². The predicted octanol–water partition coefficient (Wildman–Crippen LogP) is 4.40. The van der Waals surface area contributed by atoms with E-state index in [0.717, 1.165) is 70.5 Å². The lowest BCUT2D eigenvalue weighted by Crippen LogP contribution is -2.43. The molecule has 0 radical (unpaired) electrons. The fourth-order valence-electron chi connectivity index (χ4n) is 5.15. The summed E-state index contributed by atoms with van der Waals surface area (Å²) in [7, 11) is 0. The van der Waals surface area contributed by atoms with Crippen molar-refractivity contribution in [1.29, 1.82) is 0 Å². The fourth-order valence-corrected chi connectivity index (χ4v) is 5.28. The molecule has 30 heavy (non-hydrogen) atoms. The quantitative estimate of drug-likeness (QED) is 0.699. The molecule has 2 aromatic rings. The van der Waals surface area contributed by atoms with Crippen molar-refractivity contribution in [3.8, 4) is 0 Å². The normalized spacial score (nSPS) is 21.4. The largest absolute Gasteiger partial charge is 0.365 e. The Morgan fingerprint density at radius 2 is 1.77 bits per heavy atom. The van der Waals surface area contributed by atoms with E-state index in [4.69, 9.17) is 16.3 Å². The van der Waals surface area contributed by atoms with Crippen LogP contribution in [-0.2, 0) is 27.2 Å². The Bertz CT molecular complexity index is 915. The van der Waals surface area contributed by atoms with Gasteiger partial charge >= 0.3 is 0 Å². The number of likely N-dealkylation sites (tertiary alicyclic amines) is 1. The molecule has 1 N–H and O–H groups in total. The number of nitrogens with one attached hydrogen (secondary N) is 1. The van der Waals surface area contributed by atoms with E-state index in [0.29, 0.717) is 5.02 Å². The summed E-state index contributed by atoms with van der Waals surface area (Å²) < 4.78 is 6.26. The molecule has 1 amide bonds. The first-order valence-electron chi connectivity index (χ1n) is 11.1. The van der Waals surface area contributed by atoms with Crippen LogP contribution in [0.4, 0.5) is 0 Å². The lowest BCUT2D eigenvalue weighted by Gasteiger charge is -2.39. The average Bonchev–Trinajstić information content (AvgIpc) is 3.52. The molecule has 0 unspecified atom stereocenters. The highest BCUT2D eigenvalue weighted by molar-refractivity contribution is 6.30. The second-order valence-electron chi connectivity index (χ2n) is 8.98. The molecular formula is C25H29ClN2O2. The predicted molar refractivity (Wildman–Crippen MR) is 119 cm³/mol. The van der Waals surface area contributed by atoms with Crippen LogP contribution in [0.1, 0.15) is 48.8 Å². The zero-order chi connectivity index (χ0) is 20.6. The molecule has 0 bridgehead atoms. The molecule has 1 spiro atoms. The van der Waals surface area contributed by atoms with Crippen molar-refractivity contribution in [2.45, 2.75) is 49.7 Å². The Balaban J connectivity index is 1.07. The highest BCUT2D eigenvalue weighted by atomic mass is 35.5. The number of hydrogen-bond acceptors (Lipinski definition) is 3. The van der Waals surface area contributed by atoms with Gasteiger partial charge in [0.1, 0.15) is 0 Å². The summed E-state index contributed by atoms with van der Waals surface area (Å²) in [6, 6.07) is 16.4. The first kappa shape index (κ1) is 20.0. The topological polar surface area (TPSA) is 41.6 Å². The molecule has 3 aliphatic rings. The van der Waals surface area contributed by atoms with Gasteiger partial charge in [0.2, 0.25) is 5.91 Å². The monoisotopic (exact) mass is 424 g/mol. The van der Waals surface area contributed by atoms with Crippen LogP contribution in [0, 0.1) is 0 Å². The van der Waals surface area contributed by atoms with Crippen molar-refractivity contribution in [3.63, 3.8) is 0 Å². The number of nitrogens with zero attached hydrogens (tertiary/aromatic N) is 1. The lowest BCUT2D eigenvalue weighted by atomic mass is 9.84. The number of fused-ring (bicyclic) bond motifs is 2. The zero-order valence-corrected chi connectivity index (χ0v) is 18.1. The second kappa shape index (κ2) is 7.99. The standard InChI is InChI=1S/C25H29ClN2O2/c26-21-8-6-20(7-9-21)24(10-11-24)23(29)27-14-3-15-28-16-12-25(13-17-28)22-5-2-1-4-19(22)18-30-25/h1-2,4-9H,3,10-18H2,(H,27,29). The number of piperidine rings is 1. The number of ether oxygens (including phenoxy) is 1. The maximum Gasteiger partial charge on any atom is 0.230 e. The Morgan fingerprint density at radius 3 is 2.50 bits per heavy atom. The van der Waals surface area contributed by atoms with E-state index in [1.807, 2.05) is 24.3 Å². The van der Waals surface area contributed by atoms with Gasteiger partial charge in [0.15, 0.2) is 0 Å². The summed E-state index contributed by atoms with van der Waals surface area (Å²) in [5.74, 6) is 0.165. The first-order chi connectivity index (χ1) is 14.6. The molecule has 2 heterocycles. The molecular weight excluding hydrogens is 396 g/mol. The Kier molecular flexibility index (Phi) is 5.34. The molecule has 1 saturated heterocycles. The summed E-state index contributed by atoms with van der Waals surface area (Å²) >= 11 is 5.99. The molecule has 5 heteroatoms. The number of carbonyl (C=O) groups is 1. The summed E-state index contributed by atoms with van der Waals surface area (Å²) in [6.45, 7) is 4.60. The van der Waals surface area contributed by atoms with E-state index < -0.39 is 0 Å². The minimum atomic E-state index is -0.324. The summed E-state index contributed by atoms with van der Waals surface area (Å²) in [5.41, 5.74) is 3.44. The minimum Gasteiger partial charge on any atom is -0.365 e. The average molecular weight is 425 g/mol. The van der Waals surface area contributed by atoms with Gasteiger partial charge in [-0.2, -0.15) is 0 Å². The van der Waals surface area contributed by atoms with Gasteiger partial charge in [-0.3, -0.25) is 4.79 Å². The van der Waals surface area contributed by atoms with Crippen molar-refractivity contribution >= 4 is 17.5 Å². The van der Waals surface area contributed by atoms with Crippen LogP contribution in [0.2, 0.25) is 5.02 Å². The number of hydrogen-bond donors (Lipinski definition) is 1. The smallest absolute Gasteiger partial charge is 0.230 e. The fraction of sp³-hybridized carbons (Fsp3) is 0.480. The third-order valence-electron chi connectivity index (χ3n) is 7.19. The molecule has 2 fully saturated rings. The van der Waals surface area contributed by atoms with Gasteiger partial charge in [-0.05, 0) is 67.5 Å². The molecule has 5 rings (SSSR count). The van der Waals surface area contributed by atoms with E-state index >= 15 is 0 Å².